The summed E-state index contributed by atoms with van der Waals surface area (Å²) in [6.45, 7) is 6.54. The largest absolute Gasteiger partial charge is 0.378 e. The summed E-state index contributed by atoms with van der Waals surface area (Å²) in [6, 6.07) is 21.9. The second kappa shape index (κ2) is 5.61. The van der Waals surface area contributed by atoms with Gasteiger partial charge in [-0.1, -0.05) is 48.5 Å². The normalized spacial score (nSPS) is 12.3. The number of benzene rings is 3. The number of aryl methyl sites for hydroxylation is 1. The van der Waals surface area contributed by atoms with Crippen molar-refractivity contribution in [3.8, 4) is 0 Å². The summed E-state index contributed by atoms with van der Waals surface area (Å²) in [5.74, 6) is 0. The van der Waals surface area contributed by atoms with E-state index in [2.05, 4.69) is 86.8 Å². The minimum absolute atomic E-state index is 0.287. The lowest BCUT2D eigenvalue weighted by Gasteiger charge is -2.19. The van der Waals surface area contributed by atoms with E-state index in [4.69, 9.17) is 0 Å². The van der Waals surface area contributed by atoms with E-state index in [0.29, 0.717) is 0 Å². The molecule has 0 aromatic heterocycles. The molecule has 3 aromatic carbocycles. The van der Waals surface area contributed by atoms with Crippen LogP contribution in [0.5, 0.6) is 0 Å². The molecule has 0 fully saturated rings. The zero-order chi connectivity index (χ0) is 14.8. The minimum atomic E-state index is 0.287. The number of hydrogen-bond acceptors (Lipinski definition) is 1. The smallest absolute Gasteiger partial charge is 0.0485 e. The highest BCUT2D eigenvalue weighted by Gasteiger charge is 2.08. The highest BCUT2D eigenvalue weighted by atomic mass is 14.9. The topological polar surface area (TPSA) is 12.0 Å². The van der Waals surface area contributed by atoms with Crippen molar-refractivity contribution in [2.75, 3.05) is 5.32 Å². The van der Waals surface area contributed by atoms with E-state index in [0.717, 1.165) is 0 Å². The van der Waals surface area contributed by atoms with Crippen molar-refractivity contribution in [2.24, 2.45) is 0 Å². The van der Waals surface area contributed by atoms with Crippen molar-refractivity contribution in [1.82, 2.24) is 0 Å². The zero-order valence-corrected chi connectivity index (χ0v) is 12.9. The molecule has 21 heavy (non-hydrogen) atoms. The number of nitrogens with one attached hydrogen (secondary N) is 1. The van der Waals surface area contributed by atoms with Crippen LogP contribution in [0.2, 0.25) is 0 Å². The SMILES string of the molecule is Cc1cccc(NC(C)c2ccc3ccccc3c2)c1C. The number of anilines is 1. The number of hydrogen-bond donors (Lipinski definition) is 1. The fourth-order valence-electron chi connectivity index (χ4n) is 2.70. The highest BCUT2D eigenvalue weighted by molar-refractivity contribution is 5.83. The van der Waals surface area contributed by atoms with E-state index in [1.807, 2.05) is 0 Å². The molecule has 3 aromatic rings. The van der Waals surface area contributed by atoms with Crippen molar-refractivity contribution in [2.45, 2.75) is 26.8 Å². The minimum Gasteiger partial charge on any atom is -0.378 e. The summed E-state index contributed by atoms with van der Waals surface area (Å²) in [5, 5.41) is 6.22. The Morgan fingerprint density at radius 3 is 2.38 bits per heavy atom. The average Bonchev–Trinajstić information content (AvgIpc) is 2.51. The molecule has 0 aliphatic rings. The summed E-state index contributed by atoms with van der Waals surface area (Å²) in [5.41, 5.74) is 5.18. The van der Waals surface area contributed by atoms with Crippen molar-refractivity contribution >= 4 is 16.5 Å². The van der Waals surface area contributed by atoms with E-state index in [-0.39, 0.29) is 6.04 Å². The molecule has 1 heteroatoms. The molecule has 106 valence electrons. The van der Waals surface area contributed by atoms with E-state index < -0.39 is 0 Å². The third-order valence-electron chi connectivity index (χ3n) is 4.25. The Kier molecular flexibility index (Phi) is 3.66. The predicted octanol–water partition coefficient (Wildman–Crippen LogP) is 5.63. The van der Waals surface area contributed by atoms with Gasteiger partial charge < -0.3 is 5.32 Å². The van der Waals surface area contributed by atoms with Crippen molar-refractivity contribution in [1.29, 1.82) is 0 Å². The van der Waals surface area contributed by atoms with Crippen LogP contribution < -0.4 is 5.32 Å². The number of fused-ring (bicyclic) bond motifs is 1. The van der Waals surface area contributed by atoms with Gasteiger partial charge in [-0.3, -0.25) is 0 Å². The van der Waals surface area contributed by atoms with E-state index >= 15 is 0 Å². The monoisotopic (exact) mass is 275 g/mol. The second-order valence-electron chi connectivity index (χ2n) is 5.72. The van der Waals surface area contributed by atoms with Crippen LogP contribution in [0.1, 0.15) is 29.7 Å². The molecule has 0 bridgehead atoms. The molecule has 1 atom stereocenters. The molecule has 3 rings (SSSR count). The van der Waals surface area contributed by atoms with Crippen LogP contribution in [-0.2, 0) is 0 Å². The molecule has 0 spiro atoms. The van der Waals surface area contributed by atoms with Crippen LogP contribution in [0.25, 0.3) is 10.8 Å². The van der Waals surface area contributed by atoms with Gasteiger partial charge in [-0.2, -0.15) is 0 Å². The zero-order valence-electron chi connectivity index (χ0n) is 12.9. The van der Waals surface area contributed by atoms with Gasteiger partial charge in [0.05, 0.1) is 0 Å². The molecular weight excluding hydrogens is 254 g/mol. The Morgan fingerprint density at radius 1 is 0.810 bits per heavy atom. The van der Waals surface area contributed by atoms with Crippen LogP contribution in [0.4, 0.5) is 5.69 Å². The lowest BCUT2D eigenvalue weighted by Crippen LogP contribution is -2.08. The van der Waals surface area contributed by atoms with Crippen LogP contribution in [0, 0.1) is 13.8 Å². The summed E-state index contributed by atoms with van der Waals surface area (Å²) < 4.78 is 0. The first-order valence-electron chi connectivity index (χ1n) is 7.46. The van der Waals surface area contributed by atoms with Crippen molar-refractivity contribution in [3.05, 3.63) is 77.4 Å². The first-order chi connectivity index (χ1) is 10.1. The lowest BCUT2D eigenvalue weighted by atomic mass is 10.0. The van der Waals surface area contributed by atoms with E-state index in [1.54, 1.807) is 0 Å². The third-order valence-corrected chi connectivity index (χ3v) is 4.25. The van der Waals surface area contributed by atoms with Gasteiger partial charge in [0.2, 0.25) is 0 Å². The Labute approximate surface area is 126 Å². The summed E-state index contributed by atoms with van der Waals surface area (Å²) in [6.07, 6.45) is 0. The molecule has 0 aliphatic carbocycles. The molecule has 0 aliphatic heterocycles. The molecule has 1 nitrogen and oxygen atoms in total. The first-order valence-corrected chi connectivity index (χ1v) is 7.46. The molecule has 0 amide bonds. The molecule has 0 saturated carbocycles. The van der Waals surface area contributed by atoms with Crippen LogP contribution in [0.3, 0.4) is 0 Å². The second-order valence-corrected chi connectivity index (χ2v) is 5.72. The fourth-order valence-corrected chi connectivity index (χ4v) is 2.70. The van der Waals surface area contributed by atoms with Gasteiger partial charge in [-0.05, 0) is 60.4 Å². The van der Waals surface area contributed by atoms with Crippen molar-refractivity contribution in [3.63, 3.8) is 0 Å². The van der Waals surface area contributed by atoms with Crippen molar-refractivity contribution < 1.29 is 0 Å². The predicted molar refractivity (Wildman–Crippen MR) is 91.9 cm³/mol. The summed E-state index contributed by atoms with van der Waals surface area (Å²) >= 11 is 0. The molecule has 0 heterocycles. The standard InChI is InChI=1S/C20H21N/c1-14-7-6-10-20(15(14)2)21-16(3)18-12-11-17-8-4-5-9-19(17)13-18/h4-13,16,21H,1-3H3. The van der Waals surface area contributed by atoms with Crippen LogP contribution in [-0.4, -0.2) is 0 Å². The molecular formula is C20H21N. The highest BCUT2D eigenvalue weighted by Crippen LogP contribution is 2.26. The molecule has 0 radical (unpaired) electrons. The van der Waals surface area contributed by atoms with E-state index in [1.165, 1.54) is 33.2 Å². The molecule has 0 saturated heterocycles. The van der Waals surface area contributed by atoms with Crippen LogP contribution >= 0.6 is 0 Å². The van der Waals surface area contributed by atoms with Gasteiger partial charge in [0.1, 0.15) is 0 Å². The fraction of sp³-hybridized carbons (Fsp3) is 0.200. The van der Waals surface area contributed by atoms with Crippen LogP contribution in [0.15, 0.2) is 60.7 Å². The Morgan fingerprint density at radius 2 is 1.57 bits per heavy atom. The summed E-state index contributed by atoms with van der Waals surface area (Å²) in [4.78, 5) is 0. The maximum absolute atomic E-state index is 3.63. The quantitative estimate of drug-likeness (QED) is 0.653. The number of rotatable bonds is 3. The third kappa shape index (κ3) is 2.78. The Balaban J connectivity index is 1.89. The van der Waals surface area contributed by atoms with Gasteiger partial charge in [-0.15, -0.1) is 0 Å². The van der Waals surface area contributed by atoms with Gasteiger partial charge in [0.15, 0.2) is 0 Å². The Hall–Kier alpha value is -2.28. The molecule has 1 N–H and O–H groups in total. The Bertz CT molecular complexity index is 774. The van der Waals surface area contributed by atoms with Gasteiger partial charge in [0.25, 0.3) is 0 Å². The average molecular weight is 275 g/mol. The van der Waals surface area contributed by atoms with Gasteiger partial charge in [0, 0.05) is 11.7 Å². The first kappa shape index (κ1) is 13.7. The van der Waals surface area contributed by atoms with E-state index in [9.17, 15) is 0 Å². The maximum Gasteiger partial charge on any atom is 0.0485 e. The van der Waals surface area contributed by atoms with Gasteiger partial charge in [-0.25, -0.2) is 0 Å². The molecule has 1 unspecified atom stereocenters. The van der Waals surface area contributed by atoms with Gasteiger partial charge >= 0.3 is 0 Å². The summed E-state index contributed by atoms with van der Waals surface area (Å²) in [7, 11) is 0. The maximum atomic E-state index is 3.63. The lowest BCUT2D eigenvalue weighted by molar-refractivity contribution is 0.884.